The summed E-state index contributed by atoms with van der Waals surface area (Å²) in [5, 5.41) is 2.94. The van der Waals surface area contributed by atoms with Gasteiger partial charge in [-0.2, -0.15) is 0 Å². The Kier molecular flexibility index (Phi) is 5.78. The van der Waals surface area contributed by atoms with Gasteiger partial charge in [0.05, 0.1) is 0 Å². The van der Waals surface area contributed by atoms with Gasteiger partial charge in [-0.1, -0.05) is 43.7 Å². The first-order valence-electron chi connectivity index (χ1n) is 7.83. The molecule has 0 bridgehead atoms. The van der Waals surface area contributed by atoms with Gasteiger partial charge in [0.2, 0.25) is 11.8 Å². The van der Waals surface area contributed by atoms with Crippen LogP contribution in [0.5, 0.6) is 0 Å². The summed E-state index contributed by atoms with van der Waals surface area (Å²) < 4.78 is 0. The van der Waals surface area contributed by atoms with E-state index in [1.807, 2.05) is 18.2 Å². The van der Waals surface area contributed by atoms with Crippen molar-refractivity contribution in [2.75, 3.05) is 13.1 Å². The molecule has 0 aromatic heterocycles. The summed E-state index contributed by atoms with van der Waals surface area (Å²) >= 11 is 0. The molecule has 114 valence electrons. The third-order valence-corrected chi connectivity index (χ3v) is 3.94. The van der Waals surface area contributed by atoms with Crippen LogP contribution < -0.4 is 5.32 Å². The van der Waals surface area contributed by atoms with Gasteiger partial charge >= 0.3 is 0 Å². The molecular formula is C17H24N2O2. The quantitative estimate of drug-likeness (QED) is 0.781. The largest absolute Gasteiger partial charge is 0.354 e. The van der Waals surface area contributed by atoms with Crippen molar-refractivity contribution in [3.05, 3.63) is 35.9 Å². The minimum absolute atomic E-state index is 0.00219. The molecule has 0 spiro atoms. The molecule has 1 N–H and O–H groups in total. The second kappa shape index (κ2) is 7.81. The predicted molar refractivity (Wildman–Crippen MR) is 82.8 cm³/mol. The van der Waals surface area contributed by atoms with Gasteiger partial charge in [0.1, 0.15) is 6.04 Å². The van der Waals surface area contributed by atoms with Gasteiger partial charge in [-0.15, -0.1) is 0 Å². The number of benzene rings is 1. The Labute approximate surface area is 126 Å². The lowest BCUT2D eigenvalue weighted by Gasteiger charge is -2.24. The number of nitrogens with one attached hydrogen (secondary N) is 1. The van der Waals surface area contributed by atoms with Crippen molar-refractivity contribution in [1.82, 2.24) is 10.2 Å². The summed E-state index contributed by atoms with van der Waals surface area (Å²) in [6, 6.07) is 9.80. The average molecular weight is 288 g/mol. The molecule has 1 unspecified atom stereocenters. The van der Waals surface area contributed by atoms with Crippen molar-refractivity contribution in [3.63, 3.8) is 0 Å². The van der Waals surface area contributed by atoms with Crippen molar-refractivity contribution in [2.45, 2.75) is 45.1 Å². The summed E-state index contributed by atoms with van der Waals surface area (Å²) in [4.78, 5) is 25.9. The third kappa shape index (κ3) is 4.31. The SMILES string of the molecule is CCCCNC(=O)C1CCC(=O)N1CCc1ccccc1. The molecule has 2 rings (SSSR count). The molecule has 0 saturated carbocycles. The van der Waals surface area contributed by atoms with Crippen molar-refractivity contribution in [3.8, 4) is 0 Å². The fraction of sp³-hybridized carbons (Fsp3) is 0.529. The van der Waals surface area contributed by atoms with E-state index in [2.05, 4.69) is 24.4 Å². The van der Waals surface area contributed by atoms with Crippen molar-refractivity contribution in [2.24, 2.45) is 0 Å². The number of carbonyl (C=O) groups is 2. The van der Waals surface area contributed by atoms with Crippen LogP contribution >= 0.6 is 0 Å². The zero-order valence-electron chi connectivity index (χ0n) is 12.7. The van der Waals surface area contributed by atoms with E-state index in [9.17, 15) is 9.59 Å². The zero-order chi connectivity index (χ0) is 15.1. The molecule has 0 aliphatic carbocycles. The van der Waals surface area contributed by atoms with E-state index in [4.69, 9.17) is 0 Å². The van der Waals surface area contributed by atoms with Gasteiger partial charge in [-0.3, -0.25) is 9.59 Å². The summed E-state index contributed by atoms with van der Waals surface area (Å²) in [7, 11) is 0. The average Bonchev–Trinajstić information content (AvgIpc) is 2.87. The molecule has 0 radical (unpaired) electrons. The van der Waals surface area contributed by atoms with E-state index in [1.165, 1.54) is 5.56 Å². The minimum Gasteiger partial charge on any atom is -0.354 e. The Hall–Kier alpha value is -1.84. The Morgan fingerprint density at radius 3 is 2.81 bits per heavy atom. The van der Waals surface area contributed by atoms with Crippen LogP contribution in [0, 0.1) is 0 Å². The highest BCUT2D eigenvalue weighted by Gasteiger charge is 2.35. The van der Waals surface area contributed by atoms with E-state index < -0.39 is 0 Å². The van der Waals surface area contributed by atoms with Gasteiger partial charge in [-0.25, -0.2) is 0 Å². The van der Waals surface area contributed by atoms with Gasteiger partial charge in [0.25, 0.3) is 0 Å². The smallest absolute Gasteiger partial charge is 0.242 e. The Morgan fingerprint density at radius 1 is 1.33 bits per heavy atom. The number of hydrogen-bond donors (Lipinski definition) is 1. The lowest BCUT2D eigenvalue weighted by molar-refractivity contribution is -0.135. The molecule has 4 nitrogen and oxygen atoms in total. The first-order valence-corrected chi connectivity index (χ1v) is 7.83. The highest BCUT2D eigenvalue weighted by molar-refractivity contribution is 5.90. The number of amides is 2. The second-order valence-corrected chi connectivity index (χ2v) is 5.52. The Bertz CT molecular complexity index is 473. The van der Waals surface area contributed by atoms with Gasteiger partial charge in [-0.05, 0) is 24.8 Å². The first-order chi connectivity index (χ1) is 10.2. The van der Waals surface area contributed by atoms with E-state index in [1.54, 1.807) is 4.90 Å². The van der Waals surface area contributed by atoms with E-state index in [0.29, 0.717) is 25.9 Å². The number of hydrogen-bond acceptors (Lipinski definition) is 2. The highest BCUT2D eigenvalue weighted by Crippen LogP contribution is 2.19. The number of nitrogens with zero attached hydrogens (tertiary/aromatic N) is 1. The van der Waals surface area contributed by atoms with Gasteiger partial charge in [0, 0.05) is 19.5 Å². The van der Waals surface area contributed by atoms with Crippen LogP contribution in [0.4, 0.5) is 0 Å². The van der Waals surface area contributed by atoms with Crippen LogP contribution in [0.1, 0.15) is 38.2 Å². The minimum atomic E-state index is -0.280. The number of carbonyl (C=O) groups excluding carboxylic acids is 2. The van der Waals surface area contributed by atoms with Crippen LogP contribution in [-0.4, -0.2) is 35.8 Å². The summed E-state index contributed by atoms with van der Waals surface area (Å²) in [6.45, 7) is 3.42. The molecule has 2 amide bonds. The van der Waals surface area contributed by atoms with E-state index >= 15 is 0 Å². The predicted octanol–water partition coefficient (Wildman–Crippen LogP) is 2.14. The van der Waals surface area contributed by atoms with Gasteiger partial charge in [0.15, 0.2) is 0 Å². The highest BCUT2D eigenvalue weighted by atomic mass is 16.2. The molecule has 1 fully saturated rings. The van der Waals surface area contributed by atoms with Crippen LogP contribution in [0.2, 0.25) is 0 Å². The lowest BCUT2D eigenvalue weighted by atomic mass is 10.1. The molecule has 1 aromatic rings. The lowest BCUT2D eigenvalue weighted by Crippen LogP contribution is -2.45. The third-order valence-electron chi connectivity index (χ3n) is 3.94. The maximum Gasteiger partial charge on any atom is 0.242 e. The second-order valence-electron chi connectivity index (χ2n) is 5.52. The monoisotopic (exact) mass is 288 g/mol. The normalized spacial score (nSPS) is 18.0. The van der Waals surface area contributed by atoms with Crippen molar-refractivity contribution in [1.29, 1.82) is 0 Å². The maximum absolute atomic E-state index is 12.2. The Balaban J connectivity index is 1.89. The van der Waals surface area contributed by atoms with Crippen molar-refractivity contribution < 1.29 is 9.59 Å². The molecule has 1 heterocycles. The summed E-state index contributed by atoms with van der Waals surface area (Å²) in [5.41, 5.74) is 1.20. The molecule has 1 saturated heterocycles. The fourth-order valence-electron chi connectivity index (χ4n) is 2.69. The Morgan fingerprint density at radius 2 is 2.10 bits per heavy atom. The van der Waals surface area contributed by atoms with Gasteiger partial charge < -0.3 is 10.2 Å². The topological polar surface area (TPSA) is 49.4 Å². The standard InChI is InChI=1S/C17H24N2O2/c1-2-3-12-18-17(21)15-9-10-16(20)19(15)13-11-14-7-5-4-6-8-14/h4-8,15H,2-3,9-13H2,1H3,(H,18,21). The molecule has 4 heteroatoms. The molecule has 1 aliphatic heterocycles. The van der Waals surface area contributed by atoms with Crippen LogP contribution in [0.3, 0.4) is 0 Å². The van der Waals surface area contributed by atoms with Crippen LogP contribution in [-0.2, 0) is 16.0 Å². The molecule has 1 aliphatic rings. The van der Waals surface area contributed by atoms with Crippen LogP contribution in [0.25, 0.3) is 0 Å². The summed E-state index contributed by atoms with van der Waals surface area (Å²) in [5.74, 6) is 0.101. The summed E-state index contributed by atoms with van der Waals surface area (Å²) in [6.07, 6.45) is 3.97. The molecular weight excluding hydrogens is 264 g/mol. The van der Waals surface area contributed by atoms with E-state index in [-0.39, 0.29) is 17.9 Å². The number of rotatable bonds is 7. The number of unbranched alkanes of at least 4 members (excludes halogenated alkanes) is 1. The molecule has 21 heavy (non-hydrogen) atoms. The zero-order valence-corrected chi connectivity index (χ0v) is 12.7. The van der Waals surface area contributed by atoms with E-state index in [0.717, 1.165) is 19.3 Å². The first kappa shape index (κ1) is 15.5. The maximum atomic E-state index is 12.2. The molecule has 1 atom stereocenters. The number of likely N-dealkylation sites (tertiary alicyclic amines) is 1. The van der Waals surface area contributed by atoms with Crippen LogP contribution in [0.15, 0.2) is 30.3 Å². The molecule has 1 aromatic carbocycles. The fourth-order valence-corrected chi connectivity index (χ4v) is 2.69. The van der Waals surface area contributed by atoms with Crippen molar-refractivity contribution >= 4 is 11.8 Å².